The van der Waals surface area contributed by atoms with E-state index in [1.807, 2.05) is 0 Å². The number of rotatable bonds is 3. The van der Waals surface area contributed by atoms with Crippen LogP contribution in [-0.2, 0) is 0 Å². The quantitative estimate of drug-likeness (QED) is 0.346. The summed E-state index contributed by atoms with van der Waals surface area (Å²) in [5.74, 6) is 0. The highest BCUT2D eigenvalue weighted by atomic mass is 28.2. The molecule has 31 heavy (non-hydrogen) atoms. The van der Waals surface area contributed by atoms with E-state index in [0.717, 1.165) is 6.42 Å². The molecule has 0 unspecified atom stereocenters. The van der Waals surface area contributed by atoms with Crippen LogP contribution < -0.4 is 10.4 Å². The number of benzene rings is 4. The van der Waals surface area contributed by atoms with Gasteiger partial charge in [0.05, 0.1) is 8.41 Å². The minimum Gasteiger partial charge on any atom is -0.0801 e. The average Bonchev–Trinajstić information content (AvgIpc) is 3.48. The van der Waals surface area contributed by atoms with Gasteiger partial charge in [-0.25, -0.2) is 0 Å². The van der Waals surface area contributed by atoms with Gasteiger partial charge in [0.15, 0.2) is 0 Å². The molecular weight excluding hydrogens is 388 g/mol. The molecule has 6 rings (SSSR count). The van der Waals surface area contributed by atoms with Gasteiger partial charge in [-0.2, -0.15) is 0 Å². The van der Waals surface area contributed by atoms with Crippen molar-refractivity contribution in [2.24, 2.45) is 0 Å². The van der Waals surface area contributed by atoms with Crippen molar-refractivity contribution < 1.29 is 0 Å². The number of allylic oxidation sites excluding steroid dienone is 4. The molecule has 2 aliphatic carbocycles. The van der Waals surface area contributed by atoms with Crippen LogP contribution in [0.1, 0.15) is 23.1 Å². The Morgan fingerprint density at radius 2 is 1.10 bits per heavy atom. The lowest BCUT2D eigenvalue weighted by molar-refractivity contribution is 1.43. The van der Waals surface area contributed by atoms with Gasteiger partial charge in [-0.05, 0) is 55.4 Å². The van der Waals surface area contributed by atoms with Crippen molar-refractivity contribution in [3.05, 3.63) is 138 Å². The second kappa shape index (κ2) is 7.61. The van der Waals surface area contributed by atoms with E-state index >= 15 is 0 Å². The number of hydrogen-bond acceptors (Lipinski definition) is 0. The fourth-order valence-electron chi connectivity index (χ4n) is 4.96. The molecule has 0 N–H and O–H groups in total. The summed E-state index contributed by atoms with van der Waals surface area (Å²) in [6.45, 7) is 0. The van der Waals surface area contributed by atoms with Crippen LogP contribution in [0.4, 0.5) is 0 Å². The lowest BCUT2D eigenvalue weighted by Gasteiger charge is -2.17. The Morgan fingerprint density at radius 1 is 0.516 bits per heavy atom. The maximum atomic E-state index is 2.33. The van der Waals surface area contributed by atoms with Crippen LogP contribution in [-0.4, -0.2) is 13.6 Å². The lowest BCUT2D eigenvalue weighted by atomic mass is 9.95. The first-order valence-corrected chi connectivity index (χ1v) is 12.4. The monoisotopic (exact) mass is 410 g/mol. The number of hydrogen-bond donors (Lipinski definition) is 0. The molecule has 146 valence electrons. The summed E-state index contributed by atoms with van der Waals surface area (Å²) in [6, 6.07) is 38.1. The van der Waals surface area contributed by atoms with Crippen LogP contribution in [0.2, 0.25) is 0 Å². The molecule has 0 aliphatic heterocycles. The standard InChI is InChI=1S/C30H22Si/c1-3-14-23(15-4-1)31(24-16-5-2-6-17-24)30-28-19-10-9-18-26(28)27-21-11-20-25(29(27)30)22-12-7-8-13-22/h1-12,14-21H,13H2. The molecule has 0 fully saturated rings. The zero-order valence-electron chi connectivity index (χ0n) is 17.3. The van der Waals surface area contributed by atoms with Gasteiger partial charge in [0, 0.05) is 0 Å². The van der Waals surface area contributed by atoms with Crippen molar-refractivity contribution in [3.63, 3.8) is 0 Å². The Kier molecular flexibility index (Phi) is 4.47. The first-order chi connectivity index (χ1) is 15.4. The molecule has 0 saturated heterocycles. The maximum Gasteiger partial charge on any atom is 0.0893 e. The topological polar surface area (TPSA) is 0 Å². The van der Waals surface area contributed by atoms with E-state index in [1.54, 1.807) is 0 Å². The van der Waals surface area contributed by atoms with E-state index in [9.17, 15) is 0 Å². The van der Waals surface area contributed by atoms with Crippen molar-refractivity contribution in [1.82, 2.24) is 0 Å². The smallest absolute Gasteiger partial charge is 0.0801 e. The lowest BCUT2D eigenvalue weighted by Crippen LogP contribution is -2.40. The third kappa shape index (κ3) is 3.01. The van der Waals surface area contributed by atoms with Crippen molar-refractivity contribution in [3.8, 4) is 11.1 Å². The van der Waals surface area contributed by atoms with E-state index < -0.39 is 8.41 Å². The molecule has 4 aromatic carbocycles. The maximum absolute atomic E-state index is 2.33. The largest absolute Gasteiger partial charge is 0.0893 e. The Bertz CT molecular complexity index is 1330. The zero-order chi connectivity index (χ0) is 20.6. The van der Waals surface area contributed by atoms with Crippen LogP contribution in [0.25, 0.3) is 16.7 Å². The third-order valence-electron chi connectivity index (χ3n) is 6.29. The van der Waals surface area contributed by atoms with E-state index in [1.165, 1.54) is 48.9 Å². The van der Waals surface area contributed by atoms with Crippen molar-refractivity contribution in [2.45, 2.75) is 6.42 Å². The Labute approximate surface area is 185 Å². The normalized spacial score (nSPS) is 13.7. The number of fused-ring (bicyclic) bond motifs is 3. The molecule has 0 heterocycles. The average molecular weight is 411 g/mol. The fraction of sp³-hybridized carbons (Fsp3) is 0.0333. The molecule has 0 atom stereocenters. The highest BCUT2D eigenvalue weighted by molar-refractivity contribution is 6.96. The fourth-order valence-corrected chi connectivity index (χ4v) is 7.92. The molecule has 0 amide bonds. The predicted molar refractivity (Wildman–Crippen MR) is 135 cm³/mol. The second-order valence-electron chi connectivity index (χ2n) is 8.08. The Hall–Kier alpha value is -3.55. The van der Waals surface area contributed by atoms with Crippen LogP contribution in [0.15, 0.2) is 121 Å². The van der Waals surface area contributed by atoms with Gasteiger partial charge in [0.1, 0.15) is 0 Å². The van der Waals surface area contributed by atoms with Gasteiger partial charge in [0.25, 0.3) is 0 Å². The highest BCUT2D eigenvalue weighted by Gasteiger charge is 2.30. The summed E-state index contributed by atoms with van der Waals surface area (Å²) < 4.78 is 0. The zero-order valence-corrected chi connectivity index (χ0v) is 18.3. The molecule has 1 heteroatoms. The van der Waals surface area contributed by atoms with Gasteiger partial charge in [-0.3, -0.25) is 0 Å². The molecule has 4 aromatic rings. The van der Waals surface area contributed by atoms with Crippen LogP contribution in [0.3, 0.4) is 0 Å². The van der Waals surface area contributed by atoms with E-state index in [2.05, 4.69) is 121 Å². The Morgan fingerprint density at radius 3 is 1.74 bits per heavy atom. The molecule has 0 bridgehead atoms. The van der Waals surface area contributed by atoms with E-state index in [-0.39, 0.29) is 0 Å². The first-order valence-electron chi connectivity index (χ1n) is 10.9. The van der Waals surface area contributed by atoms with Gasteiger partial charge in [-0.1, -0.05) is 121 Å². The third-order valence-corrected chi connectivity index (χ3v) is 9.13. The predicted octanol–water partition coefficient (Wildman–Crippen LogP) is 5.47. The van der Waals surface area contributed by atoms with Crippen LogP contribution >= 0.6 is 0 Å². The van der Waals surface area contributed by atoms with Gasteiger partial charge in [0.2, 0.25) is 0 Å². The van der Waals surface area contributed by atoms with Gasteiger partial charge >= 0.3 is 0 Å². The van der Waals surface area contributed by atoms with Crippen molar-refractivity contribution in [1.29, 1.82) is 0 Å². The summed E-state index contributed by atoms with van der Waals surface area (Å²) in [7, 11) is -1.18. The van der Waals surface area contributed by atoms with E-state index in [0.29, 0.717) is 0 Å². The summed E-state index contributed by atoms with van der Waals surface area (Å²) in [5.41, 5.74) is 8.41. The highest BCUT2D eigenvalue weighted by Crippen LogP contribution is 2.41. The van der Waals surface area contributed by atoms with Crippen molar-refractivity contribution in [2.75, 3.05) is 0 Å². The van der Waals surface area contributed by atoms with E-state index in [4.69, 9.17) is 0 Å². The molecule has 0 aromatic heterocycles. The Balaban J connectivity index is 1.76. The molecule has 2 aliphatic rings. The molecule has 0 nitrogen and oxygen atoms in total. The second-order valence-corrected chi connectivity index (χ2v) is 10.5. The molecule has 0 saturated carbocycles. The van der Waals surface area contributed by atoms with Crippen molar-refractivity contribution >= 4 is 29.5 Å². The van der Waals surface area contributed by atoms with Gasteiger partial charge in [-0.15, -0.1) is 0 Å². The molecular formula is C30H22Si. The van der Waals surface area contributed by atoms with Crippen LogP contribution in [0.5, 0.6) is 0 Å². The van der Waals surface area contributed by atoms with Gasteiger partial charge < -0.3 is 0 Å². The summed E-state index contributed by atoms with van der Waals surface area (Å²) in [4.78, 5) is 0. The summed E-state index contributed by atoms with van der Waals surface area (Å²) in [5, 5.41) is 4.39. The molecule has 0 spiro atoms. The van der Waals surface area contributed by atoms with Crippen LogP contribution in [0, 0.1) is 0 Å². The minimum absolute atomic E-state index is 1.01. The molecule has 0 radical (unpaired) electrons. The first kappa shape index (κ1) is 18.2. The SMILES string of the molecule is C1=CCC(c2cccc3c2C(=[Si](c2ccccc2)c2ccccc2)c2ccccc2-3)=C1. The summed E-state index contributed by atoms with van der Waals surface area (Å²) in [6.07, 6.45) is 7.75. The summed E-state index contributed by atoms with van der Waals surface area (Å²) >= 11 is 0. The minimum atomic E-state index is -1.18.